The van der Waals surface area contributed by atoms with Crippen LogP contribution in [0.4, 0.5) is 0 Å². The highest BCUT2D eigenvalue weighted by Crippen LogP contribution is 2.40. The number of likely N-dealkylation sites (tertiary alicyclic amines) is 1. The van der Waals surface area contributed by atoms with Crippen molar-refractivity contribution < 1.29 is 23.8 Å². The van der Waals surface area contributed by atoms with Crippen LogP contribution in [0.2, 0.25) is 0 Å². The van der Waals surface area contributed by atoms with Crippen LogP contribution in [0.25, 0.3) is 0 Å². The second-order valence-corrected chi connectivity index (χ2v) is 7.92. The Morgan fingerprint density at radius 2 is 1.58 bits per heavy atom. The van der Waals surface area contributed by atoms with Gasteiger partial charge >= 0.3 is 0 Å². The smallest absolute Gasteiger partial charge is 0.253 e. The molecule has 7 heteroatoms. The van der Waals surface area contributed by atoms with Crippen molar-refractivity contribution in [3.63, 3.8) is 0 Å². The lowest BCUT2D eigenvalue weighted by atomic mass is 9.87. The van der Waals surface area contributed by atoms with Crippen LogP contribution in [0.1, 0.15) is 35.7 Å². The van der Waals surface area contributed by atoms with E-state index >= 15 is 0 Å². The van der Waals surface area contributed by atoms with Gasteiger partial charge in [0.2, 0.25) is 5.91 Å². The van der Waals surface area contributed by atoms with Gasteiger partial charge in [-0.05, 0) is 56.3 Å². The molecule has 0 bridgehead atoms. The predicted octanol–water partition coefficient (Wildman–Crippen LogP) is 3.09. The number of nitrogens with one attached hydrogen (secondary N) is 1. The van der Waals surface area contributed by atoms with Gasteiger partial charge in [0.15, 0.2) is 0 Å². The molecule has 7 nitrogen and oxygen atoms in total. The third-order valence-electron chi connectivity index (χ3n) is 5.55. The van der Waals surface area contributed by atoms with Gasteiger partial charge in [-0.1, -0.05) is 0 Å². The van der Waals surface area contributed by atoms with E-state index in [4.69, 9.17) is 14.2 Å². The first-order valence-electron chi connectivity index (χ1n) is 10.3. The third-order valence-corrected chi connectivity index (χ3v) is 5.55. The summed E-state index contributed by atoms with van der Waals surface area (Å²) in [7, 11) is 4.79. The normalized spacial score (nSPS) is 18.1. The monoisotopic (exact) mass is 426 g/mol. The van der Waals surface area contributed by atoms with Gasteiger partial charge in [-0.25, -0.2) is 0 Å². The summed E-state index contributed by atoms with van der Waals surface area (Å²) in [6, 6.07) is 12.5. The molecule has 0 aromatic heterocycles. The summed E-state index contributed by atoms with van der Waals surface area (Å²) < 4.78 is 16.1. The number of ether oxygens (including phenoxy) is 3. The fraction of sp³-hybridized carbons (Fsp3) is 0.417. The fourth-order valence-corrected chi connectivity index (χ4v) is 3.99. The van der Waals surface area contributed by atoms with Crippen LogP contribution in [0.15, 0.2) is 42.5 Å². The lowest BCUT2D eigenvalue weighted by molar-refractivity contribution is -0.125. The van der Waals surface area contributed by atoms with Gasteiger partial charge in [0.05, 0.1) is 27.2 Å². The number of benzene rings is 2. The number of amides is 2. The van der Waals surface area contributed by atoms with Gasteiger partial charge in [-0.3, -0.25) is 9.59 Å². The van der Waals surface area contributed by atoms with Crippen LogP contribution >= 0.6 is 0 Å². The number of rotatable bonds is 7. The van der Waals surface area contributed by atoms with E-state index in [9.17, 15) is 9.59 Å². The molecular weight excluding hydrogens is 396 g/mol. The zero-order valence-electron chi connectivity index (χ0n) is 18.7. The van der Waals surface area contributed by atoms with E-state index in [0.717, 1.165) is 5.56 Å². The van der Waals surface area contributed by atoms with Crippen molar-refractivity contribution in [2.24, 2.45) is 5.92 Å². The van der Waals surface area contributed by atoms with Crippen LogP contribution in [-0.2, 0) is 4.79 Å². The maximum absolute atomic E-state index is 13.2. The Hall–Kier alpha value is -3.22. The molecule has 0 spiro atoms. The molecule has 2 atom stereocenters. The summed E-state index contributed by atoms with van der Waals surface area (Å²) >= 11 is 0. The molecule has 2 aromatic rings. The van der Waals surface area contributed by atoms with Crippen LogP contribution in [0, 0.1) is 5.92 Å². The number of methoxy groups -OCH3 is 3. The van der Waals surface area contributed by atoms with E-state index < -0.39 is 5.92 Å². The third kappa shape index (κ3) is 4.93. The van der Waals surface area contributed by atoms with Crippen molar-refractivity contribution in [1.29, 1.82) is 0 Å². The Morgan fingerprint density at radius 3 is 2.16 bits per heavy atom. The minimum Gasteiger partial charge on any atom is -0.497 e. The highest BCUT2D eigenvalue weighted by molar-refractivity contribution is 5.95. The van der Waals surface area contributed by atoms with E-state index in [1.807, 2.05) is 32.0 Å². The Labute approximate surface area is 183 Å². The Kier molecular flexibility index (Phi) is 7.05. The van der Waals surface area contributed by atoms with Gasteiger partial charge in [0.1, 0.15) is 17.2 Å². The number of hydrogen-bond donors (Lipinski definition) is 1. The van der Waals surface area contributed by atoms with Crippen LogP contribution in [-0.4, -0.2) is 57.2 Å². The standard InChI is InChI=1S/C24H30N2O5/c1-15(2)25-23(27)21-14-26(24(28)16-6-8-17(29-3)9-7-16)13-20(21)19-12-18(30-4)10-11-22(19)31-5/h6-12,15,20-21H,13-14H2,1-5H3,(H,25,27)/t20-,21+/m1/s1. The molecule has 1 fully saturated rings. The molecule has 1 N–H and O–H groups in total. The van der Waals surface area contributed by atoms with E-state index in [1.54, 1.807) is 50.5 Å². The highest BCUT2D eigenvalue weighted by atomic mass is 16.5. The topological polar surface area (TPSA) is 77.1 Å². The van der Waals surface area contributed by atoms with Gasteiger partial charge in [-0.15, -0.1) is 0 Å². The van der Waals surface area contributed by atoms with E-state index in [-0.39, 0.29) is 23.8 Å². The largest absolute Gasteiger partial charge is 0.497 e. The minimum atomic E-state index is -0.398. The number of hydrogen-bond acceptors (Lipinski definition) is 5. The highest BCUT2D eigenvalue weighted by Gasteiger charge is 2.42. The number of carbonyl (C=O) groups is 2. The molecule has 1 aliphatic heterocycles. The predicted molar refractivity (Wildman–Crippen MR) is 118 cm³/mol. The van der Waals surface area contributed by atoms with E-state index in [1.165, 1.54) is 0 Å². The van der Waals surface area contributed by atoms with E-state index in [2.05, 4.69) is 5.32 Å². The molecule has 1 aliphatic rings. The van der Waals surface area contributed by atoms with Crippen molar-refractivity contribution in [2.45, 2.75) is 25.8 Å². The maximum Gasteiger partial charge on any atom is 0.253 e. The summed E-state index contributed by atoms with van der Waals surface area (Å²) in [5.74, 6) is 1.23. The quantitative estimate of drug-likeness (QED) is 0.736. The van der Waals surface area contributed by atoms with Crippen molar-refractivity contribution in [3.05, 3.63) is 53.6 Å². The fourth-order valence-electron chi connectivity index (χ4n) is 3.99. The molecule has 2 amide bonds. The molecule has 166 valence electrons. The number of carbonyl (C=O) groups excluding carboxylic acids is 2. The average Bonchev–Trinajstić information content (AvgIpc) is 3.23. The van der Waals surface area contributed by atoms with Crippen molar-refractivity contribution in [2.75, 3.05) is 34.4 Å². The average molecular weight is 427 g/mol. The SMILES string of the molecule is COc1ccc(C(=O)N2C[C@H](C(=O)NC(C)C)[C@@H](c3cc(OC)ccc3OC)C2)cc1. The van der Waals surface area contributed by atoms with Crippen LogP contribution in [0.5, 0.6) is 17.2 Å². The lowest BCUT2D eigenvalue weighted by Gasteiger charge is -2.22. The Bertz CT molecular complexity index is 926. The molecule has 0 saturated carbocycles. The first-order valence-corrected chi connectivity index (χ1v) is 10.3. The van der Waals surface area contributed by atoms with Gasteiger partial charge in [-0.2, -0.15) is 0 Å². The van der Waals surface area contributed by atoms with Gasteiger partial charge in [0.25, 0.3) is 5.91 Å². The summed E-state index contributed by atoms with van der Waals surface area (Å²) in [6.07, 6.45) is 0. The zero-order valence-corrected chi connectivity index (χ0v) is 18.7. The summed E-state index contributed by atoms with van der Waals surface area (Å²) in [5, 5.41) is 3.00. The van der Waals surface area contributed by atoms with Crippen molar-refractivity contribution in [1.82, 2.24) is 10.2 Å². The summed E-state index contributed by atoms with van der Waals surface area (Å²) in [5.41, 5.74) is 1.41. The van der Waals surface area contributed by atoms with Crippen molar-refractivity contribution >= 4 is 11.8 Å². The molecule has 0 unspecified atom stereocenters. The van der Waals surface area contributed by atoms with Crippen LogP contribution < -0.4 is 19.5 Å². The molecule has 31 heavy (non-hydrogen) atoms. The Morgan fingerprint density at radius 1 is 0.935 bits per heavy atom. The summed E-state index contributed by atoms with van der Waals surface area (Å²) in [4.78, 5) is 28.0. The molecule has 0 aliphatic carbocycles. The van der Waals surface area contributed by atoms with Crippen LogP contribution in [0.3, 0.4) is 0 Å². The number of nitrogens with zero attached hydrogens (tertiary/aromatic N) is 1. The van der Waals surface area contributed by atoms with E-state index in [0.29, 0.717) is 35.9 Å². The second kappa shape index (κ2) is 9.73. The molecule has 1 saturated heterocycles. The molecule has 2 aromatic carbocycles. The molecule has 3 rings (SSSR count). The maximum atomic E-state index is 13.2. The van der Waals surface area contributed by atoms with Gasteiger partial charge in [0, 0.05) is 36.2 Å². The minimum absolute atomic E-state index is 0.00620. The Balaban J connectivity index is 1.94. The zero-order chi connectivity index (χ0) is 22.5. The second-order valence-electron chi connectivity index (χ2n) is 7.92. The van der Waals surface area contributed by atoms with Crippen molar-refractivity contribution in [3.8, 4) is 17.2 Å². The summed E-state index contributed by atoms with van der Waals surface area (Å²) in [6.45, 7) is 4.58. The first kappa shape index (κ1) is 22.5. The first-order chi connectivity index (χ1) is 14.9. The molecule has 0 radical (unpaired) electrons. The van der Waals surface area contributed by atoms with Gasteiger partial charge < -0.3 is 24.4 Å². The molecular formula is C24H30N2O5. The molecule has 1 heterocycles. The lowest BCUT2D eigenvalue weighted by Crippen LogP contribution is -2.39.